The molecule has 0 aliphatic carbocycles. The maximum absolute atomic E-state index is 13.7. The molecular formula is C20H28NO4P. The number of hydrogen-bond acceptors (Lipinski definition) is 5. The van der Waals surface area contributed by atoms with Crippen LogP contribution in [0.3, 0.4) is 0 Å². The summed E-state index contributed by atoms with van der Waals surface area (Å²) in [7, 11) is -1.78. The van der Waals surface area contributed by atoms with Crippen molar-refractivity contribution in [2.45, 2.75) is 26.6 Å². The van der Waals surface area contributed by atoms with Crippen molar-refractivity contribution in [3.05, 3.63) is 60.2 Å². The molecule has 2 rings (SSSR count). The molecule has 0 saturated heterocycles. The van der Waals surface area contributed by atoms with Crippen LogP contribution in [0.4, 0.5) is 5.69 Å². The molecule has 0 radical (unpaired) electrons. The van der Waals surface area contributed by atoms with Crippen LogP contribution >= 0.6 is 7.60 Å². The fourth-order valence-electron chi connectivity index (χ4n) is 2.97. The van der Waals surface area contributed by atoms with Crippen molar-refractivity contribution in [2.75, 3.05) is 31.8 Å². The second-order valence-electron chi connectivity index (χ2n) is 5.64. The predicted octanol–water partition coefficient (Wildman–Crippen LogP) is 5.49. The van der Waals surface area contributed by atoms with Crippen molar-refractivity contribution in [3.63, 3.8) is 0 Å². The fraction of sp³-hybridized carbons (Fsp3) is 0.400. The summed E-state index contributed by atoms with van der Waals surface area (Å²) in [5.74, 6) is 0.251. The van der Waals surface area contributed by atoms with Gasteiger partial charge in [0.2, 0.25) is 0 Å². The van der Waals surface area contributed by atoms with Crippen molar-refractivity contribution in [3.8, 4) is 5.75 Å². The Morgan fingerprint density at radius 2 is 1.50 bits per heavy atom. The molecule has 0 bridgehead atoms. The molecule has 142 valence electrons. The average Bonchev–Trinajstić information content (AvgIpc) is 2.67. The van der Waals surface area contributed by atoms with E-state index in [1.165, 1.54) is 0 Å². The summed E-state index contributed by atoms with van der Waals surface area (Å²) < 4.78 is 30.4. The Kier molecular flexibility index (Phi) is 7.70. The summed E-state index contributed by atoms with van der Waals surface area (Å²) in [6, 6.07) is 17.4. The molecule has 1 unspecified atom stereocenters. The second-order valence-corrected chi connectivity index (χ2v) is 7.73. The molecule has 26 heavy (non-hydrogen) atoms. The van der Waals surface area contributed by atoms with Crippen LogP contribution in [0.1, 0.15) is 32.1 Å². The zero-order chi connectivity index (χ0) is 19.0. The molecule has 0 amide bonds. The third-order valence-corrected chi connectivity index (χ3v) is 6.47. The van der Waals surface area contributed by atoms with Crippen molar-refractivity contribution >= 4 is 13.3 Å². The van der Waals surface area contributed by atoms with Crippen LogP contribution in [0.15, 0.2) is 54.6 Å². The van der Waals surface area contributed by atoms with E-state index < -0.39 is 13.4 Å². The van der Waals surface area contributed by atoms with E-state index in [4.69, 9.17) is 13.8 Å². The van der Waals surface area contributed by atoms with Crippen LogP contribution in [0, 0.1) is 0 Å². The lowest BCUT2D eigenvalue weighted by molar-refractivity contribution is 0.211. The molecule has 1 atom stereocenters. The van der Waals surface area contributed by atoms with Crippen molar-refractivity contribution in [1.29, 1.82) is 0 Å². The topological polar surface area (TPSA) is 48.0 Å². The highest BCUT2D eigenvalue weighted by Crippen LogP contribution is 2.62. The first-order valence-electron chi connectivity index (χ1n) is 8.94. The number of methoxy groups -OCH3 is 1. The Morgan fingerprint density at radius 3 is 1.96 bits per heavy atom. The van der Waals surface area contributed by atoms with Crippen LogP contribution in [-0.2, 0) is 13.6 Å². The third kappa shape index (κ3) is 4.67. The summed E-state index contributed by atoms with van der Waals surface area (Å²) in [6.07, 6.45) is 0. The minimum absolute atomic E-state index is 0.320. The lowest BCUT2D eigenvalue weighted by Crippen LogP contribution is -2.30. The molecule has 0 N–H and O–H groups in total. The Hall–Kier alpha value is -1.81. The quantitative estimate of drug-likeness (QED) is 0.513. The summed E-state index contributed by atoms with van der Waals surface area (Å²) >= 11 is 0. The van der Waals surface area contributed by atoms with Crippen molar-refractivity contribution in [2.24, 2.45) is 0 Å². The highest BCUT2D eigenvalue weighted by Gasteiger charge is 2.41. The van der Waals surface area contributed by atoms with Gasteiger partial charge in [-0.3, -0.25) is 4.57 Å². The van der Waals surface area contributed by atoms with E-state index in [0.717, 1.165) is 17.0 Å². The van der Waals surface area contributed by atoms with Crippen LogP contribution in [0.5, 0.6) is 5.75 Å². The fourth-order valence-corrected chi connectivity index (χ4v) is 5.22. The molecule has 2 aromatic rings. The summed E-state index contributed by atoms with van der Waals surface area (Å²) in [4.78, 5) is 2.06. The number of ether oxygens (including phenoxy) is 1. The van der Waals surface area contributed by atoms with E-state index >= 15 is 0 Å². The SMILES string of the molecule is CCOP(=O)(OCC)C(c1ccccc1)N(CC)c1ccc(OC)cc1. The average molecular weight is 377 g/mol. The van der Waals surface area contributed by atoms with Gasteiger partial charge in [0.1, 0.15) is 5.75 Å². The summed E-state index contributed by atoms with van der Waals surface area (Å²) in [5, 5.41) is 0. The number of benzene rings is 2. The van der Waals surface area contributed by atoms with Crippen LogP contribution in [0.2, 0.25) is 0 Å². The standard InChI is InChI=1S/C20H28NO4P/c1-5-21(18-13-15-19(23-4)16-14-18)20(17-11-9-8-10-12-17)26(22,24-6-2)25-7-3/h8-16,20H,5-7H2,1-4H3. The summed E-state index contributed by atoms with van der Waals surface area (Å²) in [6.45, 7) is 6.98. The van der Waals surface area contributed by atoms with E-state index in [1.54, 1.807) is 7.11 Å². The molecule has 6 heteroatoms. The molecule has 0 aliphatic rings. The van der Waals surface area contributed by atoms with E-state index in [1.807, 2.05) is 75.4 Å². The van der Waals surface area contributed by atoms with Gasteiger partial charge in [0.15, 0.2) is 5.78 Å². The minimum Gasteiger partial charge on any atom is -0.497 e. The van der Waals surface area contributed by atoms with Crippen molar-refractivity contribution < 1.29 is 18.3 Å². The largest absolute Gasteiger partial charge is 0.497 e. The van der Waals surface area contributed by atoms with E-state index in [0.29, 0.717) is 19.8 Å². The highest BCUT2D eigenvalue weighted by molar-refractivity contribution is 7.54. The van der Waals surface area contributed by atoms with Gasteiger partial charge in [-0.25, -0.2) is 0 Å². The zero-order valence-corrected chi connectivity index (χ0v) is 16.8. The number of anilines is 1. The second kappa shape index (κ2) is 9.77. The van der Waals surface area contributed by atoms with Crippen molar-refractivity contribution in [1.82, 2.24) is 0 Å². The van der Waals surface area contributed by atoms with Crippen LogP contribution in [-0.4, -0.2) is 26.9 Å². The van der Waals surface area contributed by atoms with Gasteiger partial charge >= 0.3 is 7.60 Å². The zero-order valence-electron chi connectivity index (χ0n) is 15.9. The Morgan fingerprint density at radius 1 is 0.923 bits per heavy atom. The molecule has 0 aliphatic heterocycles. The van der Waals surface area contributed by atoms with E-state index in [9.17, 15) is 4.57 Å². The monoisotopic (exact) mass is 377 g/mol. The van der Waals surface area contributed by atoms with E-state index in [2.05, 4.69) is 4.90 Å². The number of nitrogens with zero attached hydrogens (tertiary/aromatic N) is 1. The van der Waals surface area contributed by atoms with Gasteiger partial charge in [-0.05, 0) is 50.6 Å². The smallest absolute Gasteiger partial charge is 0.357 e. The molecule has 0 heterocycles. The molecule has 2 aromatic carbocycles. The maximum atomic E-state index is 13.7. The number of hydrogen-bond donors (Lipinski definition) is 0. The third-order valence-electron chi connectivity index (χ3n) is 4.06. The molecule has 0 aromatic heterocycles. The van der Waals surface area contributed by atoms with Crippen LogP contribution < -0.4 is 9.64 Å². The lowest BCUT2D eigenvalue weighted by Gasteiger charge is -2.37. The first-order chi connectivity index (χ1) is 12.6. The Balaban J connectivity index is 2.54. The summed E-state index contributed by atoms with van der Waals surface area (Å²) in [5.41, 5.74) is 1.83. The first-order valence-corrected chi connectivity index (χ1v) is 10.5. The Bertz CT molecular complexity index is 696. The predicted molar refractivity (Wildman–Crippen MR) is 106 cm³/mol. The van der Waals surface area contributed by atoms with Gasteiger partial charge in [-0.1, -0.05) is 30.3 Å². The first kappa shape index (κ1) is 20.5. The molecule has 0 spiro atoms. The number of rotatable bonds is 10. The van der Waals surface area contributed by atoms with Gasteiger partial charge < -0.3 is 18.7 Å². The molecule has 0 saturated carbocycles. The lowest BCUT2D eigenvalue weighted by atomic mass is 10.2. The van der Waals surface area contributed by atoms with Gasteiger partial charge in [0, 0.05) is 12.2 Å². The molecule has 0 fully saturated rings. The van der Waals surface area contributed by atoms with Crippen LogP contribution in [0.25, 0.3) is 0 Å². The molecular weight excluding hydrogens is 349 g/mol. The molecule has 5 nitrogen and oxygen atoms in total. The van der Waals surface area contributed by atoms with Gasteiger partial charge in [-0.2, -0.15) is 0 Å². The van der Waals surface area contributed by atoms with Gasteiger partial charge in [-0.15, -0.1) is 0 Å². The normalized spacial score (nSPS) is 12.6. The van der Waals surface area contributed by atoms with E-state index in [-0.39, 0.29) is 0 Å². The van der Waals surface area contributed by atoms with Gasteiger partial charge in [0.25, 0.3) is 0 Å². The van der Waals surface area contributed by atoms with Gasteiger partial charge in [0.05, 0.1) is 20.3 Å². The maximum Gasteiger partial charge on any atom is 0.357 e. The minimum atomic E-state index is -3.41. The Labute approximate surface area is 156 Å². The highest BCUT2D eigenvalue weighted by atomic mass is 31.2.